The number of rotatable bonds is 3. The van der Waals surface area contributed by atoms with Crippen LogP contribution < -0.4 is 10.2 Å². The minimum Gasteiger partial charge on any atom is -0.355 e. The fourth-order valence-electron chi connectivity index (χ4n) is 2.89. The molecule has 0 bridgehead atoms. The summed E-state index contributed by atoms with van der Waals surface area (Å²) in [4.78, 5) is 22.8. The van der Waals surface area contributed by atoms with Crippen molar-refractivity contribution in [2.24, 2.45) is 0 Å². The van der Waals surface area contributed by atoms with E-state index in [2.05, 4.69) is 20.2 Å². The van der Waals surface area contributed by atoms with E-state index in [1.165, 1.54) is 6.20 Å². The molecule has 2 heterocycles. The Balaban J connectivity index is 1.56. The lowest BCUT2D eigenvalue weighted by Crippen LogP contribution is -2.45. The van der Waals surface area contributed by atoms with Crippen LogP contribution in [0.3, 0.4) is 0 Å². The van der Waals surface area contributed by atoms with Gasteiger partial charge in [0, 0.05) is 24.7 Å². The average molecular weight is 321 g/mol. The Morgan fingerprint density at radius 2 is 2.00 bits per heavy atom. The number of aryl methyl sites for hydroxylation is 1. The summed E-state index contributed by atoms with van der Waals surface area (Å²) in [5.74, 6) is 0.766. The van der Waals surface area contributed by atoms with Crippen molar-refractivity contribution in [1.82, 2.24) is 15.3 Å². The van der Waals surface area contributed by atoms with Gasteiger partial charge in [0.15, 0.2) is 5.69 Å². The summed E-state index contributed by atoms with van der Waals surface area (Å²) in [6.07, 6.45) is 4.84. The number of nitrogens with zero attached hydrogens (tertiary/aromatic N) is 4. The maximum absolute atomic E-state index is 12.4. The Morgan fingerprint density at radius 1 is 1.25 bits per heavy atom. The SMILES string of the molecule is Cc1ccccc1C(=O)NC1CCN(c2cnc(C#N)cn2)CC1. The maximum atomic E-state index is 12.4. The van der Waals surface area contributed by atoms with Crippen LogP contribution in [0.1, 0.15) is 34.5 Å². The molecule has 1 aromatic carbocycles. The molecular formula is C18H19N5O. The number of piperidine rings is 1. The summed E-state index contributed by atoms with van der Waals surface area (Å²) in [6.45, 7) is 3.56. The molecule has 3 rings (SSSR count). The Hall–Kier alpha value is -2.94. The summed E-state index contributed by atoms with van der Waals surface area (Å²) in [5, 5.41) is 11.9. The van der Waals surface area contributed by atoms with Crippen molar-refractivity contribution in [3.63, 3.8) is 0 Å². The van der Waals surface area contributed by atoms with Gasteiger partial charge in [0.1, 0.15) is 11.9 Å². The molecule has 2 aromatic rings. The van der Waals surface area contributed by atoms with Gasteiger partial charge in [-0.3, -0.25) is 4.79 Å². The van der Waals surface area contributed by atoms with Gasteiger partial charge in [-0.25, -0.2) is 9.97 Å². The molecule has 1 aromatic heterocycles. The minimum atomic E-state index is -0.00952. The third-order valence-electron chi connectivity index (χ3n) is 4.30. The molecule has 0 saturated carbocycles. The zero-order valence-corrected chi connectivity index (χ0v) is 13.6. The van der Waals surface area contributed by atoms with Gasteiger partial charge in [0.2, 0.25) is 0 Å². The van der Waals surface area contributed by atoms with Crippen molar-refractivity contribution in [3.8, 4) is 6.07 Å². The van der Waals surface area contributed by atoms with Crippen LogP contribution in [0.4, 0.5) is 5.82 Å². The Labute approximate surface area is 141 Å². The first-order chi connectivity index (χ1) is 11.7. The van der Waals surface area contributed by atoms with Crippen LogP contribution >= 0.6 is 0 Å². The van der Waals surface area contributed by atoms with E-state index in [0.717, 1.165) is 42.9 Å². The largest absolute Gasteiger partial charge is 0.355 e. The van der Waals surface area contributed by atoms with Crippen LogP contribution in [0.15, 0.2) is 36.7 Å². The fourth-order valence-corrected chi connectivity index (χ4v) is 2.89. The van der Waals surface area contributed by atoms with Crippen LogP contribution in [-0.4, -0.2) is 35.0 Å². The Morgan fingerprint density at radius 3 is 2.62 bits per heavy atom. The summed E-state index contributed by atoms with van der Waals surface area (Å²) >= 11 is 0. The first-order valence-corrected chi connectivity index (χ1v) is 8.01. The van der Waals surface area contributed by atoms with Gasteiger partial charge in [-0.2, -0.15) is 5.26 Å². The lowest BCUT2D eigenvalue weighted by Gasteiger charge is -2.33. The van der Waals surface area contributed by atoms with Crippen molar-refractivity contribution in [2.45, 2.75) is 25.8 Å². The van der Waals surface area contributed by atoms with Gasteiger partial charge in [-0.15, -0.1) is 0 Å². The van der Waals surface area contributed by atoms with Gasteiger partial charge in [0.25, 0.3) is 5.91 Å². The number of anilines is 1. The van der Waals surface area contributed by atoms with Crippen LogP contribution in [-0.2, 0) is 0 Å². The van der Waals surface area contributed by atoms with Crippen LogP contribution in [0.5, 0.6) is 0 Å². The van der Waals surface area contributed by atoms with E-state index in [1.54, 1.807) is 6.20 Å². The molecule has 1 N–H and O–H groups in total. The van der Waals surface area contributed by atoms with E-state index >= 15 is 0 Å². The van der Waals surface area contributed by atoms with E-state index in [1.807, 2.05) is 37.3 Å². The number of carbonyl (C=O) groups is 1. The van der Waals surface area contributed by atoms with Crippen molar-refractivity contribution < 1.29 is 4.79 Å². The summed E-state index contributed by atoms with van der Waals surface area (Å²) < 4.78 is 0. The van der Waals surface area contributed by atoms with Gasteiger partial charge in [0.05, 0.1) is 12.4 Å². The molecule has 1 aliphatic heterocycles. The first kappa shape index (κ1) is 15.9. The topological polar surface area (TPSA) is 81.9 Å². The van der Waals surface area contributed by atoms with Gasteiger partial charge >= 0.3 is 0 Å². The predicted octanol–water partition coefficient (Wildman–Crippen LogP) is 2.06. The zero-order chi connectivity index (χ0) is 16.9. The molecule has 1 amide bonds. The van der Waals surface area contributed by atoms with Crippen molar-refractivity contribution in [3.05, 3.63) is 53.5 Å². The van der Waals surface area contributed by atoms with Crippen LogP contribution in [0, 0.1) is 18.3 Å². The number of nitrogens with one attached hydrogen (secondary N) is 1. The second-order valence-corrected chi connectivity index (χ2v) is 5.92. The second kappa shape index (κ2) is 7.09. The number of carbonyl (C=O) groups excluding carboxylic acids is 1. The number of hydrogen-bond acceptors (Lipinski definition) is 5. The normalized spacial score (nSPS) is 14.9. The molecule has 6 nitrogen and oxygen atoms in total. The quantitative estimate of drug-likeness (QED) is 0.935. The highest BCUT2D eigenvalue weighted by molar-refractivity contribution is 5.95. The zero-order valence-electron chi connectivity index (χ0n) is 13.6. The predicted molar refractivity (Wildman–Crippen MR) is 90.6 cm³/mol. The third-order valence-corrected chi connectivity index (χ3v) is 4.30. The van der Waals surface area contributed by atoms with Gasteiger partial charge < -0.3 is 10.2 Å². The fraction of sp³-hybridized carbons (Fsp3) is 0.333. The highest BCUT2D eigenvalue weighted by Gasteiger charge is 2.22. The van der Waals surface area contributed by atoms with E-state index < -0.39 is 0 Å². The summed E-state index contributed by atoms with van der Waals surface area (Å²) in [7, 11) is 0. The summed E-state index contributed by atoms with van der Waals surface area (Å²) in [5.41, 5.74) is 2.04. The van der Waals surface area contributed by atoms with Crippen molar-refractivity contribution >= 4 is 11.7 Å². The number of aromatic nitrogens is 2. The molecule has 0 spiro atoms. The molecular weight excluding hydrogens is 302 g/mol. The van der Waals surface area contributed by atoms with Crippen molar-refractivity contribution in [1.29, 1.82) is 5.26 Å². The molecule has 1 fully saturated rings. The van der Waals surface area contributed by atoms with Crippen LogP contribution in [0.25, 0.3) is 0 Å². The number of hydrogen-bond donors (Lipinski definition) is 1. The molecule has 6 heteroatoms. The standard InChI is InChI=1S/C18H19N5O/c1-13-4-2-3-5-16(13)18(24)22-14-6-8-23(9-7-14)17-12-20-15(10-19)11-21-17/h2-5,11-12,14H,6-9H2,1H3,(H,22,24). The second-order valence-electron chi connectivity index (χ2n) is 5.92. The summed E-state index contributed by atoms with van der Waals surface area (Å²) in [6, 6.07) is 9.75. The van der Waals surface area contributed by atoms with Gasteiger partial charge in [-0.05, 0) is 31.4 Å². The Bertz CT molecular complexity index is 758. The van der Waals surface area contributed by atoms with E-state index in [-0.39, 0.29) is 11.9 Å². The third kappa shape index (κ3) is 3.51. The highest BCUT2D eigenvalue weighted by Crippen LogP contribution is 2.18. The average Bonchev–Trinajstić information content (AvgIpc) is 2.63. The molecule has 0 unspecified atom stereocenters. The number of nitriles is 1. The van der Waals surface area contributed by atoms with E-state index in [9.17, 15) is 4.79 Å². The molecule has 0 aliphatic carbocycles. The van der Waals surface area contributed by atoms with Gasteiger partial charge in [-0.1, -0.05) is 18.2 Å². The molecule has 1 saturated heterocycles. The molecule has 24 heavy (non-hydrogen) atoms. The van der Waals surface area contributed by atoms with E-state index in [0.29, 0.717) is 5.69 Å². The molecule has 0 radical (unpaired) electrons. The highest BCUT2D eigenvalue weighted by atomic mass is 16.1. The first-order valence-electron chi connectivity index (χ1n) is 8.01. The molecule has 1 aliphatic rings. The lowest BCUT2D eigenvalue weighted by atomic mass is 10.0. The van der Waals surface area contributed by atoms with Crippen molar-refractivity contribution in [2.75, 3.05) is 18.0 Å². The van der Waals surface area contributed by atoms with E-state index in [4.69, 9.17) is 5.26 Å². The number of benzene rings is 1. The van der Waals surface area contributed by atoms with Crippen LogP contribution in [0.2, 0.25) is 0 Å². The smallest absolute Gasteiger partial charge is 0.251 e. The number of amides is 1. The molecule has 122 valence electrons. The Kier molecular flexibility index (Phi) is 4.71. The monoisotopic (exact) mass is 321 g/mol. The minimum absolute atomic E-state index is 0.00952. The molecule has 0 atom stereocenters. The maximum Gasteiger partial charge on any atom is 0.251 e. The lowest BCUT2D eigenvalue weighted by molar-refractivity contribution is 0.0930.